The largest absolute Gasteiger partial charge is 0.370 e. The molecule has 0 aliphatic heterocycles. The molecule has 0 bridgehead atoms. The van der Waals surface area contributed by atoms with E-state index in [1.165, 1.54) is 12.1 Å². The summed E-state index contributed by atoms with van der Waals surface area (Å²) in [6, 6.07) is 9.22. The first-order chi connectivity index (χ1) is 12.5. The van der Waals surface area contributed by atoms with E-state index in [0.29, 0.717) is 22.4 Å². The van der Waals surface area contributed by atoms with Gasteiger partial charge in [-0.15, -0.1) is 0 Å². The quantitative estimate of drug-likeness (QED) is 0.707. The summed E-state index contributed by atoms with van der Waals surface area (Å²) in [5, 5.41) is 6.61. The predicted octanol–water partition coefficient (Wildman–Crippen LogP) is 2.75. The number of carbonyl (C=O) groups is 2. The minimum Gasteiger partial charge on any atom is -0.370 e. The number of nitrogens with one attached hydrogen (secondary N) is 1. The SMILES string of the molecule is NC(=O)CCC(=O)Nc1onc(-c2ccc(F)cc2)c1-c1ccncc1. The Balaban J connectivity index is 1.98. The minimum atomic E-state index is -0.570. The summed E-state index contributed by atoms with van der Waals surface area (Å²) in [5.74, 6) is -1.24. The molecule has 26 heavy (non-hydrogen) atoms. The summed E-state index contributed by atoms with van der Waals surface area (Å²) in [5.41, 5.74) is 7.37. The van der Waals surface area contributed by atoms with Crippen molar-refractivity contribution in [1.29, 1.82) is 0 Å². The molecule has 0 saturated heterocycles. The average Bonchev–Trinajstić information content (AvgIpc) is 3.05. The summed E-state index contributed by atoms with van der Waals surface area (Å²) in [6.07, 6.45) is 3.04. The van der Waals surface area contributed by atoms with Crippen LogP contribution in [0.5, 0.6) is 0 Å². The van der Waals surface area contributed by atoms with E-state index in [4.69, 9.17) is 10.3 Å². The van der Waals surface area contributed by atoms with Crippen molar-refractivity contribution in [2.45, 2.75) is 12.8 Å². The first-order valence-electron chi connectivity index (χ1n) is 7.79. The highest BCUT2D eigenvalue weighted by atomic mass is 19.1. The third-order valence-electron chi connectivity index (χ3n) is 3.63. The fraction of sp³-hybridized carbons (Fsp3) is 0.111. The molecule has 3 aromatic rings. The normalized spacial score (nSPS) is 10.5. The molecule has 0 aliphatic rings. The number of nitrogens with zero attached hydrogens (tertiary/aromatic N) is 2. The molecule has 0 saturated carbocycles. The number of pyridine rings is 1. The van der Waals surface area contributed by atoms with Crippen LogP contribution < -0.4 is 11.1 Å². The second-order valence-corrected chi connectivity index (χ2v) is 5.49. The molecule has 3 N–H and O–H groups in total. The number of anilines is 1. The Hall–Kier alpha value is -3.55. The lowest BCUT2D eigenvalue weighted by atomic mass is 10.0. The van der Waals surface area contributed by atoms with Crippen LogP contribution in [0.1, 0.15) is 12.8 Å². The van der Waals surface area contributed by atoms with Crippen molar-refractivity contribution in [2.24, 2.45) is 5.73 Å². The fourth-order valence-electron chi connectivity index (χ4n) is 2.39. The standard InChI is InChI=1S/C18H15FN4O3/c19-13-3-1-12(2-4-13)17-16(11-7-9-21-10-8-11)18(26-23-17)22-15(25)6-5-14(20)24/h1-4,7-10H,5-6H2,(H2,20,24)(H,22,25). The zero-order chi connectivity index (χ0) is 18.5. The van der Waals surface area contributed by atoms with Gasteiger partial charge < -0.3 is 10.3 Å². The molecular weight excluding hydrogens is 339 g/mol. The zero-order valence-corrected chi connectivity index (χ0v) is 13.6. The minimum absolute atomic E-state index is 0.0717. The average molecular weight is 354 g/mol. The van der Waals surface area contributed by atoms with Crippen molar-refractivity contribution in [3.05, 3.63) is 54.6 Å². The number of hydrogen-bond donors (Lipinski definition) is 2. The molecular formula is C18H15FN4O3. The Kier molecular flexibility index (Phi) is 5.02. The first kappa shape index (κ1) is 17.3. The number of carbonyl (C=O) groups excluding carboxylic acids is 2. The van der Waals surface area contributed by atoms with Crippen LogP contribution in [-0.2, 0) is 9.59 Å². The Morgan fingerprint density at radius 3 is 2.38 bits per heavy atom. The summed E-state index contributed by atoms with van der Waals surface area (Å²) in [7, 11) is 0. The highest BCUT2D eigenvalue weighted by Crippen LogP contribution is 2.37. The molecule has 2 aromatic heterocycles. The van der Waals surface area contributed by atoms with E-state index in [1.54, 1.807) is 36.7 Å². The number of hydrogen-bond acceptors (Lipinski definition) is 5. The van der Waals surface area contributed by atoms with Gasteiger partial charge in [-0.3, -0.25) is 19.9 Å². The zero-order valence-electron chi connectivity index (χ0n) is 13.6. The predicted molar refractivity (Wildman–Crippen MR) is 92.2 cm³/mol. The van der Waals surface area contributed by atoms with Crippen LogP contribution >= 0.6 is 0 Å². The second-order valence-electron chi connectivity index (χ2n) is 5.49. The van der Waals surface area contributed by atoms with E-state index in [2.05, 4.69) is 15.5 Å². The fourth-order valence-corrected chi connectivity index (χ4v) is 2.39. The van der Waals surface area contributed by atoms with Gasteiger partial charge in [-0.2, -0.15) is 0 Å². The Bertz CT molecular complexity index is 923. The number of nitrogens with two attached hydrogens (primary N) is 1. The maximum absolute atomic E-state index is 13.2. The molecule has 3 rings (SSSR count). The van der Waals surface area contributed by atoms with Crippen LogP contribution in [0.4, 0.5) is 10.3 Å². The molecule has 2 amide bonds. The van der Waals surface area contributed by atoms with Gasteiger partial charge in [-0.1, -0.05) is 5.16 Å². The van der Waals surface area contributed by atoms with Crippen molar-refractivity contribution in [3.63, 3.8) is 0 Å². The van der Waals surface area contributed by atoms with Gasteiger partial charge in [0.25, 0.3) is 0 Å². The molecule has 0 spiro atoms. The van der Waals surface area contributed by atoms with E-state index >= 15 is 0 Å². The van der Waals surface area contributed by atoms with E-state index in [9.17, 15) is 14.0 Å². The molecule has 0 aliphatic carbocycles. The molecule has 1 aromatic carbocycles. The van der Waals surface area contributed by atoms with Gasteiger partial charge in [-0.05, 0) is 42.0 Å². The van der Waals surface area contributed by atoms with Crippen molar-refractivity contribution < 1.29 is 18.5 Å². The summed E-state index contributed by atoms with van der Waals surface area (Å²) in [6.45, 7) is 0. The Labute approximate surface area is 148 Å². The van der Waals surface area contributed by atoms with Gasteiger partial charge >= 0.3 is 0 Å². The highest BCUT2D eigenvalue weighted by molar-refractivity contribution is 5.98. The van der Waals surface area contributed by atoms with E-state index in [1.807, 2.05) is 0 Å². The number of halogens is 1. The van der Waals surface area contributed by atoms with Gasteiger partial charge in [-0.25, -0.2) is 4.39 Å². The van der Waals surface area contributed by atoms with Crippen LogP contribution in [0, 0.1) is 5.82 Å². The molecule has 2 heterocycles. The molecule has 132 valence electrons. The number of benzene rings is 1. The van der Waals surface area contributed by atoms with Crippen molar-refractivity contribution >= 4 is 17.7 Å². The lowest BCUT2D eigenvalue weighted by Gasteiger charge is -2.06. The molecule has 8 heteroatoms. The van der Waals surface area contributed by atoms with E-state index < -0.39 is 11.8 Å². The first-order valence-corrected chi connectivity index (χ1v) is 7.79. The smallest absolute Gasteiger partial charge is 0.239 e. The maximum Gasteiger partial charge on any atom is 0.239 e. The molecule has 0 fully saturated rings. The summed E-state index contributed by atoms with van der Waals surface area (Å²) in [4.78, 5) is 26.8. The van der Waals surface area contributed by atoms with Crippen LogP contribution in [-0.4, -0.2) is 22.0 Å². The van der Waals surface area contributed by atoms with Gasteiger partial charge in [0.2, 0.25) is 17.7 Å². The monoisotopic (exact) mass is 354 g/mol. The Morgan fingerprint density at radius 1 is 1.04 bits per heavy atom. The number of primary amides is 1. The second kappa shape index (κ2) is 7.56. The van der Waals surface area contributed by atoms with Gasteiger partial charge in [0.05, 0.1) is 5.56 Å². The van der Waals surface area contributed by atoms with Gasteiger partial charge in [0.15, 0.2) is 0 Å². The molecule has 7 nitrogen and oxygen atoms in total. The van der Waals surface area contributed by atoms with Gasteiger partial charge in [0.1, 0.15) is 11.5 Å². The van der Waals surface area contributed by atoms with E-state index in [-0.39, 0.29) is 24.5 Å². The lowest BCUT2D eigenvalue weighted by molar-refractivity contribution is -0.122. The van der Waals surface area contributed by atoms with Crippen molar-refractivity contribution in [2.75, 3.05) is 5.32 Å². The molecule has 0 atom stereocenters. The molecule has 0 radical (unpaired) electrons. The highest BCUT2D eigenvalue weighted by Gasteiger charge is 2.21. The Morgan fingerprint density at radius 2 is 1.73 bits per heavy atom. The number of aromatic nitrogens is 2. The summed E-state index contributed by atoms with van der Waals surface area (Å²) < 4.78 is 18.5. The van der Waals surface area contributed by atoms with Crippen LogP contribution in [0.3, 0.4) is 0 Å². The van der Waals surface area contributed by atoms with Gasteiger partial charge in [0, 0.05) is 30.8 Å². The molecule has 0 unspecified atom stereocenters. The third kappa shape index (κ3) is 3.92. The van der Waals surface area contributed by atoms with Crippen molar-refractivity contribution in [1.82, 2.24) is 10.1 Å². The maximum atomic E-state index is 13.2. The van der Waals surface area contributed by atoms with Crippen molar-refractivity contribution in [3.8, 4) is 22.4 Å². The summed E-state index contributed by atoms with van der Waals surface area (Å²) >= 11 is 0. The number of rotatable bonds is 6. The van der Waals surface area contributed by atoms with Crippen LogP contribution in [0.2, 0.25) is 0 Å². The lowest BCUT2D eigenvalue weighted by Crippen LogP contribution is -2.17. The van der Waals surface area contributed by atoms with Crippen LogP contribution in [0.25, 0.3) is 22.4 Å². The van der Waals surface area contributed by atoms with E-state index in [0.717, 1.165) is 0 Å². The van der Waals surface area contributed by atoms with Crippen LogP contribution in [0.15, 0.2) is 53.3 Å². The topological polar surface area (TPSA) is 111 Å². The number of amides is 2. The third-order valence-corrected chi connectivity index (χ3v) is 3.63.